The molecule has 0 aromatic heterocycles. The monoisotopic (exact) mass is 168 g/mol. The molecule has 0 N–H and O–H groups in total. The third-order valence-corrected chi connectivity index (χ3v) is 2.46. The van der Waals surface area contributed by atoms with Gasteiger partial charge < -0.3 is 0 Å². The summed E-state index contributed by atoms with van der Waals surface area (Å²) in [6, 6.07) is 0.121. The average Bonchev–Trinajstić information content (AvgIpc) is 2.03. The van der Waals surface area contributed by atoms with Gasteiger partial charge in [0.2, 0.25) is 0 Å². The maximum atomic E-state index is 11.1. The fraction of sp³-hybridized carbons (Fsp3) is 0.778. The van der Waals surface area contributed by atoms with Crippen molar-refractivity contribution in [3.63, 3.8) is 0 Å². The predicted molar refractivity (Wildman–Crippen MR) is 49.7 cm³/mol. The van der Waals surface area contributed by atoms with Gasteiger partial charge in [-0.3, -0.25) is 14.7 Å². The van der Waals surface area contributed by atoms with Gasteiger partial charge in [0.05, 0.1) is 6.04 Å². The second-order valence-corrected chi connectivity index (χ2v) is 3.37. The van der Waals surface area contributed by atoms with Crippen molar-refractivity contribution in [3.05, 3.63) is 0 Å². The van der Waals surface area contributed by atoms with E-state index in [1.807, 2.05) is 14.1 Å². The van der Waals surface area contributed by atoms with Crippen LogP contribution in [0.25, 0.3) is 0 Å². The van der Waals surface area contributed by atoms with Crippen LogP contribution >= 0.6 is 0 Å². The molecular formula is C9H16N2O. The van der Waals surface area contributed by atoms with Crippen LogP contribution in [0, 0.1) is 0 Å². The molecule has 0 aromatic rings. The minimum atomic E-state index is 0.121. The van der Waals surface area contributed by atoms with Gasteiger partial charge in [-0.2, -0.15) is 0 Å². The van der Waals surface area contributed by atoms with E-state index in [4.69, 9.17) is 0 Å². The van der Waals surface area contributed by atoms with E-state index in [1.54, 1.807) is 6.92 Å². The van der Waals surface area contributed by atoms with Crippen LogP contribution in [0.5, 0.6) is 0 Å². The normalized spacial score (nSPS) is 29.2. The Morgan fingerprint density at radius 2 is 2.33 bits per heavy atom. The highest BCUT2D eigenvalue weighted by Gasteiger charge is 2.25. The van der Waals surface area contributed by atoms with E-state index in [-0.39, 0.29) is 11.8 Å². The second-order valence-electron chi connectivity index (χ2n) is 3.37. The van der Waals surface area contributed by atoms with E-state index >= 15 is 0 Å². The van der Waals surface area contributed by atoms with Crippen LogP contribution in [0.1, 0.15) is 19.8 Å². The molecule has 3 nitrogen and oxygen atoms in total. The molecule has 0 radical (unpaired) electrons. The van der Waals surface area contributed by atoms with Crippen LogP contribution in [-0.2, 0) is 4.79 Å². The first-order chi connectivity index (χ1) is 5.65. The lowest BCUT2D eigenvalue weighted by Crippen LogP contribution is -2.44. The minimum absolute atomic E-state index is 0.121. The van der Waals surface area contributed by atoms with Crippen LogP contribution in [0.2, 0.25) is 0 Å². The van der Waals surface area contributed by atoms with Crippen molar-refractivity contribution >= 4 is 11.5 Å². The third-order valence-electron chi connectivity index (χ3n) is 2.46. The van der Waals surface area contributed by atoms with Gasteiger partial charge in [0.1, 0.15) is 5.78 Å². The molecule has 1 heterocycles. The van der Waals surface area contributed by atoms with E-state index in [0.717, 1.165) is 19.4 Å². The predicted octanol–water partition coefficient (Wildman–Crippen LogP) is 0.740. The first-order valence-corrected chi connectivity index (χ1v) is 4.30. The Hall–Kier alpha value is -0.700. The highest BCUT2D eigenvalue weighted by molar-refractivity contribution is 5.90. The average molecular weight is 168 g/mol. The number of piperidine rings is 1. The summed E-state index contributed by atoms with van der Waals surface area (Å²) in [6.45, 7) is 2.51. The number of aliphatic imine (C=N–C) groups is 1. The summed E-state index contributed by atoms with van der Waals surface area (Å²) in [5.74, 6) is 0.271. The van der Waals surface area contributed by atoms with Crippen LogP contribution in [0.15, 0.2) is 4.99 Å². The van der Waals surface area contributed by atoms with Crippen LogP contribution < -0.4 is 0 Å². The van der Waals surface area contributed by atoms with Gasteiger partial charge in [-0.15, -0.1) is 0 Å². The molecule has 3 heteroatoms. The third kappa shape index (κ3) is 1.91. The van der Waals surface area contributed by atoms with E-state index in [0.29, 0.717) is 0 Å². The number of likely N-dealkylation sites (tertiary alicyclic amines) is 1. The number of rotatable bonds is 1. The van der Waals surface area contributed by atoms with Crippen molar-refractivity contribution < 1.29 is 4.79 Å². The smallest absolute Gasteiger partial charge is 0.146 e. The summed E-state index contributed by atoms with van der Waals surface area (Å²) in [7, 11) is 3.80. The Morgan fingerprint density at radius 1 is 1.67 bits per heavy atom. The van der Waals surface area contributed by atoms with E-state index in [9.17, 15) is 4.79 Å². The minimum Gasteiger partial charge on any atom is -0.298 e. The molecule has 12 heavy (non-hydrogen) atoms. The summed E-state index contributed by atoms with van der Waals surface area (Å²) < 4.78 is 0. The first kappa shape index (κ1) is 9.39. The fourth-order valence-corrected chi connectivity index (χ4v) is 1.70. The van der Waals surface area contributed by atoms with Gasteiger partial charge in [0, 0.05) is 19.3 Å². The Balaban J connectivity index is 2.59. The molecule has 0 aromatic carbocycles. The maximum Gasteiger partial charge on any atom is 0.146 e. The largest absolute Gasteiger partial charge is 0.298 e. The zero-order valence-electron chi connectivity index (χ0n) is 8.00. The zero-order chi connectivity index (χ0) is 9.14. The second kappa shape index (κ2) is 3.81. The molecule has 0 unspecified atom stereocenters. The number of carbonyl (C=O) groups is 1. The molecule has 1 saturated heterocycles. The van der Waals surface area contributed by atoms with Crippen LogP contribution in [0.4, 0.5) is 0 Å². The molecule has 0 spiro atoms. The molecule has 1 aliphatic rings. The summed E-state index contributed by atoms with van der Waals surface area (Å²) in [4.78, 5) is 17.4. The van der Waals surface area contributed by atoms with Crippen molar-refractivity contribution in [2.75, 3.05) is 20.6 Å². The zero-order valence-corrected chi connectivity index (χ0v) is 8.00. The molecule has 68 valence electrons. The molecule has 0 amide bonds. The first-order valence-electron chi connectivity index (χ1n) is 4.30. The summed E-state index contributed by atoms with van der Waals surface area (Å²) in [5, 5.41) is 0. The molecule has 0 bridgehead atoms. The topological polar surface area (TPSA) is 32.7 Å². The Bertz CT molecular complexity index is 211. The van der Waals surface area contributed by atoms with Gasteiger partial charge in [-0.05, 0) is 26.8 Å². The lowest BCUT2D eigenvalue weighted by Gasteiger charge is -2.31. The van der Waals surface area contributed by atoms with Crippen LogP contribution in [-0.4, -0.2) is 43.1 Å². The van der Waals surface area contributed by atoms with E-state index in [1.165, 1.54) is 5.71 Å². The number of ketones is 1. The number of carbonyl (C=O) groups excluding carboxylic acids is 1. The summed E-state index contributed by atoms with van der Waals surface area (Å²) in [6.07, 6.45) is 1.91. The highest BCUT2D eigenvalue weighted by Crippen LogP contribution is 2.13. The van der Waals surface area contributed by atoms with Crippen LogP contribution in [0.3, 0.4) is 0 Å². The molecule has 1 atom stereocenters. The van der Waals surface area contributed by atoms with Crippen molar-refractivity contribution in [2.24, 2.45) is 4.99 Å². The van der Waals surface area contributed by atoms with Gasteiger partial charge in [-0.1, -0.05) is 0 Å². The molecule has 0 aliphatic carbocycles. The molecule has 0 saturated carbocycles. The van der Waals surface area contributed by atoms with Gasteiger partial charge in [0.25, 0.3) is 0 Å². The quantitative estimate of drug-likeness (QED) is 0.578. The lowest BCUT2D eigenvalue weighted by atomic mass is 9.99. The number of Topliss-reactive ketones (excluding diaryl/α,β-unsaturated/α-hetero) is 1. The molecule has 1 fully saturated rings. The van der Waals surface area contributed by atoms with E-state index < -0.39 is 0 Å². The van der Waals surface area contributed by atoms with Crippen molar-refractivity contribution in [2.45, 2.75) is 25.8 Å². The Labute approximate surface area is 73.5 Å². The molecular weight excluding hydrogens is 152 g/mol. The van der Waals surface area contributed by atoms with Crippen molar-refractivity contribution in [3.8, 4) is 0 Å². The maximum absolute atomic E-state index is 11.1. The Morgan fingerprint density at radius 3 is 2.75 bits per heavy atom. The lowest BCUT2D eigenvalue weighted by molar-refractivity contribution is -0.121. The highest BCUT2D eigenvalue weighted by atomic mass is 16.1. The van der Waals surface area contributed by atoms with Gasteiger partial charge in [-0.25, -0.2) is 0 Å². The summed E-state index contributed by atoms with van der Waals surface area (Å²) in [5.41, 5.74) is 1.20. The number of likely N-dealkylation sites (N-methyl/N-ethyl adjacent to an activating group) is 1. The standard InChI is InChI=1S/C9H16N2O/c1-7(12)9-5-4-8(10-2)6-11(9)3/h9H,4-6H2,1-3H3/t9-/m0/s1. The van der Waals surface area contributed by atoms with Gasteiger partial charge in [0.15, 0.2) is 0 Å². The van der Waals surface area contributed by atoms with Gasteiger partial charge >= 0.3 is 0 Å². The van der Waals surface area contributed by atoms with E-state index in [2.05, 4.69) is 9.89 Å². The number of hydrogen-bond acceptors (Lipinski definition) is 3. The fourth-order valence-electron chi connectivity index (χ4n) is 1.70. The SMILES string of the molecule is CN=C1CC[C@@H](C(C)=O)N(C)C1. The molecule has 1 rings (SSSR count). The van der Waals surface area contributed by atoms with Crippen molar-refractivity contribution in [1.29, 1.82) is 0 Å². The summed E-state index contributed by atoms with van der Waals surface area (Å²) >= 11 is 0. The number of hydrogen-bond donors (Lipinski definition) is 0. The number of nitrogens with zero attached hydrogens (tertiary/aromatic N) is 2. The van der Waals surface area contributed by atoms with Crippen molar-refractivity contribution in [1.82, 2.24) is 4.90 Å². The molecule has 1 aliphatic heterocycles. The Kier molecular flexibility index (Phi) is 2.98.